The van der Waals surface area contributed by atoms with Crippen LogP contribution in [0.2, 0.25) is 0 Å². The van der Waals surface area contributed by atoms with Crippen molar-refractivity contribution in [1.82, 2.24) is 0 Å². The average Bonchev–Trinajstić information content (AvgIpc) is 2.19. The standard InChI is InChI=1S/C12H16O2/c1-2-3-4-5-10-6-8-11(9-7-10)12(13)14/h6-9H,2-5H2,1H3,(H,13,14)/p-1. The molecule has 1 aromatic carbocycles. The molecule has 0 fully saturated rings. The number of hydrogen-bond donors (Lipinski definition) is 0. The van der Waals surface area contributed by atoms with Gasteiger partial charge in [-0.15, -0.1) is 0 Å². The van der Waals surface area contributed by atoms with Crippen molar-refractivity contribution in [3.05, 3.63) is 35.4 Å². The zero-order valence-corrected chi connectivity index (χ0v) is 8.45. The number of rotatable bonds is 5. The topological polar surface area (TPSA) is 40.1 Å². The summed E-state index contributed by atoms with van der Waals surface area (Å²) in [5.41, 5.74) is 1.45. The molecule has 0 spiro atoms. The van der Waals surface area contributed by atoms with Crippen LogP contribution in [0.5, 0.6) is 0 Å². The van der Waals surface area contributed by atoms with Gasteiger partial charge in [0, 0.05) is 0 Å². The molecule has 0 saturated heterocycles. The van der Waals surface area contributed by atoms with Crippen LogP contribution >= 0.6 is 0 Å². The molecule has 0 aliphatic rings. The van der Waals surface area contributed by atoms with Gasteiger partial charge in [0.15, 0.2) is 0 Å². The van der Waals surface area contributed by atoms with Gasteiger partial charge in [0.1, 0.15) is 0 Å². The summed E-state index contributed by atoms with van der Waals surface area (Å²) in [5, 5.41) is 10.5. The Hall–Kier alpha value is -1.31. The van der Waals surface area contributed by atoms with E-state index in [1.54, 1.807) is 12.1 Å². The van der Waals surface area contributed by atoms with Gasteiger partial charge in [0.25, 0.3) is 0 Å². The maximum absolute atomic E-state index is 10.5. The number of carboxylic acid groups (broad SMARTS) is 1. The van der Waals surface area contributed by atoms with Crippen LogP contribution in [-0.4, -0.2) is 5.97 Å². The second-order valence-electron chi connectivity index (χ2n) is 3.44. The molecule has 76 valence electrons. The van der Waals surface area contributed by atoms with Crippen molar-refractivity contribution >= 4 is 5.97 Å². The Labute approximate surface area is 84.6 Å². The molecule has 0 heterocycles. The van der Waals surface area contributed by atoms with Gasteiger partial charge in [0.2, 0.25) is 0 Å². The Bertz CT molecular complexity index is 288. The number of carboxylic acids is 1. The number of benzene rings is 1. The Morgan fingerprint density at radius 2 is 1.86 bits per heavy atom. The molecular formula is C12H15O2-. The number of unbranched alkanes of at least 4 members (excludes halogenated alkanes) is 2. The SMILES string of the molecule is CCCCCc1ccc(C(=O)[O-])cc1. The van der Waals surface area contributed by atoms with Crippen LogP contribution in [0.3, 0.4) is 0 Å². The third-order valence-electron chi connectivity index (χ3n) is 2.26. The highest BCUT2D eigenvalue weighted by atomic mass is 16.4. The summed E-state index contributed by atoms with van der Waals surface area (Å²) in [6.07, 6.45) is 4.63. The summed E-state index contributed by atoms with van der Waals surface area (Å²) < 4.78 is 0. The van der Waals surface area contributed by atoms with Crippen molar-refractivity contribution in [2.24, 2.45) is 0 Å². The predicted octanol–water partition coefficient (Wildman–Crippen LogP) is 1.78. The van der Waals surface area contributed by atoms with Gasteiger partial charge in [0.05, 0.1) is 5.97 Å². The third kappa shape index (κ3) is 3.21. The summed E-state index contributed by atoms with van der Waals surface area (Å²) in [6.45, 7) is 2.17. The second kappa shape index (κ2) is 5.43. The Morgan fingerprint density at radius 1 is 1.21 bits per heavy atom. The molecule has 0 atom stereocenters. The molecule has 0 unspecified atom stereocenters. The van der Waals surface area contributed by atoms with E-state index in [1.807, 2.05) is 12.1 Å². The summed E-state index contributed by atoms with van der Waals surface area (Å²) in [5.74, 6) is -1.11. The molecule has 2 nitrogen and oxygen atoms in total. The van der Waals surface area contributed by atoms with Crippen LogP contribution in [0.4, 0.5) is 0 Å². The number of aryl methyl sites for hydroxylation is 1. The third-order valence-corrected chi connectivity index (χ3v) is 2.26. The first-order valence-corrected chi connectivity index (χ1v) is 5.04. The van der Waals surface area contributed by atoms with Gasteiger partial charge in [-0.05, 0) is 24.0 Å². The van der Waals surface area contributed by atoms with E-state index in [1.165, 1.54) is 24.8 Å². The highest BCUT2D eigenvalue weighted by Gasteiger charge is 1.95. The monoisotopic (exact) mass is 191 g/mol. The van der Waals surface area contributed by atoms with E-state index >= 15 is 0 Å². The quantitative estimate of drug-likeness (QED) is 0.665. The number of carbonyl (C=O) groups excluding carboxylic acids is 1. The van der Waals surface area contributed by atoms with E-state index in [0.29, 0.717) is 0 Å². The van der Waals surface area contributed by atoms with E-state index < -0.39 is 5.97 Å². The molecule has 0 amide bonds. The number of hydrogen-bond acceptors (Lipinski definition) is 2. The van der Waals surface area contributed by atoms with E-state index in [2.05, 4.69) is 6.92 Å². The van der Waals surface area contributed by atoms with Crippen molar-refractivity contribution < 1.29 is 9.90 Å². The molecule has 0 saturated carbocycles. The molecule has 1 aromatic rings. The number of carbonyl (C=O) groups is 1. The zero-order valence-electron chi connectivity index (χ0n) is 8.45. The largest absolute Gasteiger partial charge is 0.545 e. The first-order valence-electron chi connectivity index (χ1n) is 5.04. The van der Waals surface area contributed by atoms with Crippen LogP contribution < -0.4 is 5.11 Å². The van der Waals surface area contributed by atoms with Crippen molar-refractivity contribution in [3.8, 4) is 0 Å². The van der Waals surface area contributed by atoms with Gasteiger partial charge in [-0.3, -0.25) is 0 Å². The lowest BCUT2D eigenvalue weighted by molar-refractivity contribution is -0.255. The molecular weight excluding hydrogens is 176 g/mol. The zero-order chi connectivity index (χ0) is 10.4. The first kappa shape index (κ1) is 10.8. The fourth-order valence-corrected chi connectivity index (χ4v) is 1.39. The van der Waals surface area contributed by atoms with Gasteiger partial charge in [-0.25, -0.2) is 0 Å². The van der Waals surface area contributed by atoms with Gasteiger partial charge >= 0.3 is 0 Å². The van der Waals surface area contributed by atoms with Gasteiger partial charge < -0.3 is 9.90 Å². The normalized spacial score (nSPS) is 10.1. The fourth-order valence-electron chi connectivity index (χ4n) is 1.39. The van der Waals surface area contributed by atoms with E-state index in [0.717, 1.165) is 6.42 Å². The van der Waals surface area contributed by atoms with Crippen molar-refractivity contribution in [3.63, 3.8) is 0 Å². The lowest BCUT2D eigenvalue weighted by atomic mass is 10.1. The molecule has 0 radical (unpaired) electrons. The van der Waals surface area contributed by atoms with Crippen LogP contribution in [0.1, 0.15) is 42.1 Å². The summed E-state index contributed by atoms with van der Waals surface area (Å²) in [4.78, 5) is 10.5. The van der Waals surface area contributed by atoms with Gasteiger partial charge in [-0.1, -0.05) is 44.0 Å². The second-order valence-corrected chi connectivity index (χ2v) is 3.44. The summed E-state index contributed by atoms with van der Waals surface area (Å²) in [6, 6.07) is 6.94. The van der Waals surface area contributed by atoms with E-state index in [4.69, 9.17) is 0 Å². The minimum Gasteiger partial charge on any atom is -0.545 e. The molecule has 0 bridgehead atoms. The lowest BCUT2D eigenvalue weighted by Crippen LogP contribution is -2.21. The van der Waals surface area contributed by atoms with E-state index in [-0.39, 0.29) is 5.56 Å². The Balaban J connectivity index is 2.51. The van der Waals surface area contributed by atoms with Crippen LogP contribution in [0.25, 0.3) is 0 Å². The van der Waals surface area contributed by atoms with Crippen LogP contribution in [0.15, 0.2) is 24.3 Å². The predicted molar refractivity (Wildman–Crippen MR) is 54.0 cm³/mol. The molecule has 0 aliphatic carbocycles. The van der Waals surface area contributed by atoms with Crippen molar-refractivity contribution in [2.75, 3.05) is 0 Å². The summed E-state index contributed by atoms with van der Waals surface area (Å²) in [7, 11) is 0. The number of aromatic carboxylic acids is 1. The van der Waals surface area contributed by atoms with Crippen molar-refractivity contribution in [2.45, 2.75) is 32.6 Å². The molecule has 1 rings (SSSR count). The Kier molecular flexibility index (Phi) is 4.17. The van der Waals surface area contributed by atoms with Crippen molar-refractivity contribution in [1.29, 1.82) is 0 Å². The fraction of sp³-hybridized carbons (Fsp3) is 0.417. The van der Waals surface area contributed by atoms with Gasteiger partial charge in [-0.2, -0.15) is 0 Å². The first-order chi connectivity index (χ1) is 6.74. The summed E-state index contributed by atoms with van der Waals surface area (Å²) >= 11 is 0. The highest BCUT2D eigenvalue weighted by Crippen LogP contribution is 2.08. The highest BCUT2D eigenvalue weighted by molar-refractivity contribution is 5.85. The molecule has 14 heavy (non-hydrogen) atoms. The maximum atomic E-state index is 10.5. The van der Waals surface area contributed by atoms with Crippen LogP contribution in [-0.2, 0) is 6.42 Å². The smallest absolute Gasteiger partial charge is 0.0715 e. The van der Waals surface area contributed by atoms with Crippen LogP contribution in [0, 0.1) is 0 Å². The molecule has 2 heteroatoms. The molecule has 0 aliphatic heterocycles. The maximum Gasteiger partial charge on any atom is 0.0715 e. The Morgan fingerprint density at radius 3 is 2.36 bits per heavy atom. The minimum absolute atomic E-state index is 0.254. The molecule has 0 aromatic heterocycles. The lowest BCUT2D eigenvalue weighted by Gasteiger charge is -2.04. The average molecular weight is 191 g/mol. The minimum atomic E-state index is -1.11. The van der Waals surface area contributed by atoms with E-state index in [9.17, 15) is 9.90 Å². The molecule has 0 N–H and O–H groups in total.